The molecule has 1 saturated heterocycles. The Balaban J connectivity index is 1.83. The smallest absolute Gasteiger partial charge is 0.179 e. The van der Waals surface area contributed by atoms with Gasteiger partial charge in [0.2, 0.25) is 0 Å². The number of nitrogens with zero attached hydrogens (tertiary/aromatic N) is 2. The lowest BCUT2D eigenvalue weighted by Gasteiger charge is -2.25. The molecule has 3 aromatic rings. The minimum absolute atomic E-state index is 0.218. The van der Waals surface area contributed by atoms with Gasteiger partial charge in [0.1, 0.15) is 0 Å². The van der Waals surface area contributed by atoms with Crippen LogP contribution in [0.5, 0.6) is 0 Å². The van der Waals surface area contributed by atoms with Gasteiger partial charge in [0.05, 0.1) is 12.1 Å². The van der Waals surface area contributed by atoms with Crippen LogP contribution in [-0.2, 0) is 6.54 Å². The number of nitrogens with two attached hydrogens (primary N) is 1. The summed E-state index contributed by atoms with van der Waals surface area (Å²) in [6.07, 6.45) is 3.66. The molecule has 2 aromatic carbocycles. The number of benzene rings is 2. The van der Waals surface area contributed by atoms with Gasteiger partial charge in [-0.3, -0.25) is 9.69 Å². The van der Waals surface area contributed by atoms with Crippen LogP contribution in [0.15, 0.2) is 42.5 Å². The van der Waals surface area contributed by atoms with Gasteiger partial charge in [-0.25, -0.2) is 0 Å². The predicted molar refractivity (Wildman–Crippen MR) is 115 cm³/mol. The molecule has 0 radical (unpaired) electrons. The number of carbonyl (C=O) groups is 1. The van der Waals surface area contributed by atoms with Crippen molar-refractivity contribution in [2.75, 3.05) is 19.6 Å². The highest BCUT2D eigenvalue weighted by atomic mass is 16.1. The lowest BCUT2D eigenvalue weighted by molar-refractivity contribution is 0.0916. The number of piperidine rings is 1. The topological polar surface area (TPSA) is 51.3 Å². The fraction of sp³-hybridized carbons (Fsp3) is 0.375. The standard InChI is InChI=1S/C24H29N3O/c1-17-6-9-20(10-7-17)27-18(2)24(21-11-8-19(15-25)14-22(21)27)23(28)16-26-12-4-3-5-13-26/h6-11,14H,3-5,12-13,15-16,25H2,1-2H3. The van der Waals surface area contributed by atoms with Crippen molar-refractivity contribution >= 4 is 16.7 Å². The van der Waals surface area contributed by atoms with E-state index in [-0.39, 0.29) is 5.78 Å². The van der Waals surface area contributed by atoms with Crippen LogP contribution in [0.3, 0.4) is 0 Å². The molecule has 1 aliphatic rings. The van der Waals surface area contributed by atoms with E-state index >= 15 is 0 Å². The van der Waals surface area contributed by atoms with E-state index < -0.39 is 0 Å². The van der Waals surface area contributed by atoms with E-state index in [1.165, 1.54) is 24.8 Å². The van der Waals surface area contributed by atoms with Crippen LogP contribution in [0.4, 0.5) is 0 Å². The van der Waals surface area contributed by atoms with Gasteiger partial charge in [-0.05, 0) is 63.5 Å². The van der Waals surface area contributed by atoms with Crippen molar-refractivity contribution in [1.82, 2.24) is 9.47 Å². The van der Waals surface area contributed by atoms with Crippen molar-refractivity contribution in [3.63, 3.8) is 0 Å². The number of hydrogen-bond acceptors (Lipinski definition) is 3. The van der Waals surface area contributed by atoms with E-state index in [1.54, 1.807) is 0 Å². The number of ketones is 1. The molecule has 0 spiro atoms. The summed E-state index contributed by atoms with van der Waals surface area (Å²) in [5.41, 5.74) is 12.2. The lowest BCUT2D eigenvalue weighted by Crippen LogP contribution is -2.34. The number of rotatable bonds is 5. The van der Waals surface area contributed by atoms with Crippen LogP contribution in [0.25, 0.3) is 16.6 Å². The second-order valence-corrected chi connectivity index (χ2v) is 7.95. The fourth-order valence-electron chi connectivity index (χ4n) is 4.37. The normalized spacial score (nSPS) is 15.2. The second kappa shape index (κ2) is 7.90. The summed E-state index contributed by atoms with van der Waals surface area (Å²) in [6, 6.07) is 14.7. The average Bonchev–Trinajstić information content (AvgIpc) is 3.00. The van der Waals surface area contributed by atoms with Crippen LogP contribution in [0.2, 0.25) is 0 Å². The van der Waals surface area contributed by atoms with E-state index in [0.29, 0.717) is 13.1 Å². The molecule has 0 saturated carbocycles. The molecule has 0 unspecified atom stereocenters. The first-order valence-electron chi connectivity index (χ1n) is 10.2. The summed E-state index contributed by atoms with van der Waals surface area (Å²) < 4.78 is 2.21. The Hall–Kier alpha value is -2.43. The summed E-state index contributed by atoms with van der Waals surface area (Å²) in [7, 11) is 0. The van der Waals surface area contributed by atoms with E-state index in [0.717, 1.165) is 46.5 Å². The molecule has 0 atom stereocenters. The van der Waals surface area contributed by atoms with Gasteiger partial charge in [-0.2, -0.15) is 0 Å². The summed E-state index contributed by atoms with van der Waals surface area (Å²) in [6.45, 7) is 7.20. The molecule has 0 bridgehead atoms. The molecule has 4 nitrogen and oxygen atoms in total. The Morgan fingerprint density at radius 1 is 1.00 bits per heavy atom. The maximum absolute atomic E-state index is 13.3. The van der Waals surface area contributed by atoms with Gasteiger partial charge >= 0.3 is 0 Å². The van der Waals surface area contributed by atoms with E-state index in [4.69, 9.17) is 5.73 Å². The summed E-state index contributed by atoms with van der Waals surface area (Å²) in [4.78, 5) is 15.6. The zero-order valence-electron chi connectivity index (χ0n) is 16.9. The zero-order chi connectivity index (χ0) is 19.7. The molecule has 146 valence electrons. The third-order valence-electron chi connectivity index (χ3n) is 5.89. The van der Waals surface area contributed by atoms with Crippen molar-refractivity contribution in [3.8, 4) is 5.69 Å². The maximum atomic E-state index is 13.3. The largest absolute Gasteiger partial charge is 0.326 e. The molecule has 4 heteroatoms. The Morgan fingerprint density at radius 3 is 2.39 bits per heavy atom. The number of Topliss-reactive ketones (excluding diaryl/α,β-unsaturated/α-hetero) is 1. The predicted octanol–water partition coefficient (Wildman–Crippen LogP) is 4.37. The molecule has 28 heavy (non-hydrogen) atoms. The first-order chi connectivity index (χ1) is 13.6. The Kier molecular flexibility index (Phi) is 5.33. The summed E-state index contributed by atoms with van der Waals surface area (Å²) >= 11 is 0. The number of likely N-dealkylation sites (tertiary alicyclic amines) is 1. The van der Waals surface area contributed by atoms with Crippen molar-refractivity contribution in [2.45, 2.75) is 39.7 Å². The van der Waals surface area contributed by atoms with Gasteiger partial charge in [-0.15, -0.1) is 0 Å². The fourth-order valence-corrected chi connectivity index (χ4v) is 4.37. The Morgan fingerprint density at radius 2 is 1.71 bits per heavy atom. The molecule has 1 aliphatic heterocycles. The third-order valence-corrected chi connectivity index (χ3v) is 5.89. The molecular formula is C24H29N3O. The molecule has 2 N–H and O–H groups in total. The van der Waals surface area contributed by atoms with Crippen LogP contribution in [-0.4, -0.2) is 34.9 Å². The Bertz CT molecular complexity index is 995. The minimum Gasteiger partial charge on any atom is -0.326 e. The SMILES string of the molecule is Cc1ccc(-n2c(C)c(C(=O)CN3CCCCC3)c3ccc(CN)cc32)cc1. The molecule has 1 fully saturated rings. The first kappa shape index (κ1) is 18.9. The van der Waals surface area contributed by atoms with Gasteiger partial charge in [0, 0.05) is 28.9 Å². The number of aryl methyl sites for hydroxylation is 1. The van der Waals surface area contributed by atoms with Crippen LogP contribution in [0, 0.1) is 13.8 Å². The second-order valence-electron chi connectivity index (χ2n) is 7.95. The van der Waals surface area contributed by atoms with Gasteiger partial charge in [-0.1, -0.05) is 36.2 Å². The first-order valence-corrected chi connectivity index (χ1v) is 10.2. The molecule has 0 amide bonds. The van der Waals surface area contributed by atoms with Crippen molar-refractivity contribution in [1.29, 1.82) is 0 Å². The number of aromatic nitrogens is 1. The van der Waals surface area contributed by atoms with Crippen LogP contribution in [0.1, 0.15) is 46.4 Å². The van der Waals surface area contributed by atoms with E-state index in [9.17, 15) is 4.79 Å². The maximum Gasteiger partial charge on any atom is 0.179 e. The monoisotopic (exact) mass is 375 g/mol. The number of hydrogen-bond donors (Lipinski definition) is 1. The molecule has 1 aromatic heterocycles. The third kappa shape index (κ3) is 3.50. The quantitative estimate of drug-likeness (QED) is 0.674. The van der Waals surface area contributed by atoms with Crippen molar-refractivity contribution in [2.24, 2.45) is 5.73 Å². The van der Waals surface area contributed by atoms with Crippen LogP contribution < -0.4 is 5.73 Å². The van der Waals surface area contributed by atoms with E-state index in [1.807, 2.05) is 6.07 Å². The molecule has 4 rings (SSSR count). The number of fused-ring (bicyclic) bond motifs is 1. The average molecular weight is 376 g/mol. The number of carbonyl (C=O) groups excluding carboxylic acids is 1. The molecule has 0 aliphatic carbocycles. The van der Waals surface area contributed by atoms with Gasteiger partial charge < -0.3 is 10.3 Å². The minimum atomic E-state index is 0.218. The van der Waals surface area contributed by atoms with Crippen molar-refractivity contribution < 1.29 is 4.79 Å². The zero-order valence-corrected chi connectivity index (χ0v) is 16.9. The van der Waals surface area contributed by atoms with Gasteiger partial charge in [0.15, 0.2) is 5.78 Å². The van der Waals surface area contributed by atoms with Gasteiger partial charge in [0.25, 0.3) is 0 Å². The highest BCUT2D eigenvalue weighted by Crippen LogP contribution is 2.31. The Labute approximate surface area is 166 Å². The highest BCUT2D eigenvalue weighted by molar-refractivity contribution is 6.11. The van der Waals surface area contributed by atoms with Crippen LogP contribution >= 0.6 is 0 Å². The summed E-state index contributed by atoms with van der Waals surface area (Å²) in [5, 5.41) is 1.03. The molecular weight excluding hydrogens is 346 g/mol. The van der Waals surface area contributed by atoms with E-state index in [2.05, 4.69) is 59.7 Å². The lowest BCUT2D eigenvalue weighted by atomic mass is 10.0. The molecule has 2 heterocycles. The summed E-state index contributed by atoms with van der Waals surface area (Å²) in [5.74, 6) is 0.218. The highest BCUT2D eigenvalue weighted by Gasteiger charge is 2.23. The van der Waals surface area contributed by atoms with Crippen molar-refractivity contribution in [3.05, 3.63) is 64.8 Å².